The molecule has 0 aliphatic carbocycles. The summed E-state index contributed by atoms with van der Waals surface area (Å²) in [4.78, 5) is 1.46. The maximum absolute atomic E-state index is 5.36. The van der Waals surface area contributed by atoms with Crippen molar-refractivity contribution in [3.63, 3.8) is 0 Å². The Morgan fingerprint density at radius 3 is 2.93 bits per heavy atom. The van der Waals surface area contributed by atoms with E-state index in [0.717, 1.165) is 26.2 Å². The Hall–Kier alpha value is -0.380. The largest absolute Gasteiger partial charge is 0.380 e. The van der Waals surface area contributed by atoms with Crippen LogP contribution in [0.3, 0.4) is 0 Å². The summed E-state index contributed by atoms with van der Waals surface area (Å²) in [5, 5.41) is 5.65. The molecule has 86 valence electrons. The molecule has 0 aromatic carbocycles. The summed E-state index contributed by atoms with van der Waals surface area (Å²) in [7, 11) is 0. The van der Waals surface area contributed by atoms with Gasteiger partial charge >= 0.3 is 0 Å². The van der Waals surface area contributed by atoms with E-state index in [1.807, 2.05) is 18.3 Å². The number of aryl methyl sites for hydroxylation is 1. The van der Waals surface area contributed by atoms with Crippen LogP contribution in [0.15, 0.2) is 11.4 Å². The van der Waals surface area contributed by atoms with E-state index in [2.05, 4.69) is 30.6 Å². The molecule has 1 atom stereocenters. The van der Waals surface area contributed by atoms with Gasteiger partial charge in [-0.15, -0.1) is 11.3 Å². The summed E-state index contributed by atoms with van der Waals surface area (Å²) in [6.07, 6.45) is 1.13. The van der Waals surface area contributed by atoms with E-state index in [9.17, 15) is 0 Å². The van der Waals surface area contributed by atoms with Crippen molar-refractivity contribution in [1.29, 1.82) is 0 Å². The first-order chi connectivity index (χ1) is 7.27. The highest BCUT2D eigenvalue weighted by Crippen LogP contribution is 2.16. The third-order valence-corrected chi connectivity index (χ3v) is 3.36. The Balaban J connectivity index is 2.30. The lowest BCUT2D eigenvalue weighted by molar-refractivity contribution is 0.127. The van der Waals surface area contributed by atoms with Crippen molar-refractivity contribution in [3.8, 4) is 0 Å². The van der Waals surface area contributed by atoms with Gasteiger partial charge in [-0.1, -0.05) is 6.92 Å². The zero-order valence-electron chi connectivity index (χ0n) is 9.88. The highest BCUT2D eigenvalue weighted by atomic mass is 32.1. The van der Waals surface area contributed by atoms with Crippen LogP contribution < -0.4 is 5.32 Å². The van der Waals surface area contributed by atoms with E-state index in [1.165, 1.54) is 10.4 Å². The van der Waals surface area contributed by atoms with E-state index in [4.69, 9.17) is 4.74 Å². The van der Waals surface area contributed by atoms with Gasteiger partial charge in [0.2, 0.25) is 0 Å². The number of hydrogen-bond acceptors (Lipinski definition) is 3. The van der Waals surface area contributed by atoms with Crippen LogP contribution >= 0.6 is 11.3 Å². The fraction of sp³-hybridized carbons (Fsp3) is 0.667. The van der Waals surface area contributed by atoms with Gasteiger partial charge in [0.15, 0.2) is 0 Å². The van der Waals surface area contributed by atoms with Crippen molar-refractivity contribution in [2.24, 2.45) is 0 Å². The van der Waals surface area contributed by atoms with Crippen molar-refractivity contribution < 1.29 is 4.74 Å². The summed E-state index contributed by atoms with van der Waals surface area (Å²) in [5.41, 5.74) is 1.47. The number of ether oxygens (including phenoxy) is 1. The van der Waals surface area contributed by atoms with Gasteiger partial charge in [-0.2, -0.15) is 0 Å². The molecule has 0 bridgehead atoms. The van der Waals surface area contributed by atoms with Crippen LogP contribution in [0, 0.1) is 0 Å². The van der Waals surface area contributed by atoms with Crippen LogP contribution in [0.1, 0.15) is 31.2 Å². The Morgan fingerprint density at radius 1 is 1.47 bits per heavy atom. The first-order valence-corrected chi connectivity index (χ1v) is 6.52. The first kappa shape index (κ1) is 12.7. The smallest absolute Gasteiger partial charge is 0.0616 e. The van der Waals surface area contributed by atoms with Crippen molar-refractivity contribution in [2.75, 3.05) is 13.2 Å². The monoisotopic (exact) mass is 227 g/mol. The minimum absolute atomic E-state index is 0.428. The van der Waals surface area contributed by atoms with Gasteiger partial charge in [0.05, 0.1) is 6.61 Å². The maximum Gasteiger partial charge on any atom is 0.0616 e. The lowest BCUT2D eigenvalue weighted by Crippen LogP contribution is -2.30. The summed E-state index contributed by atoms with van der Waals surface area (Å²) in [5.74, 6) is 0. The van der Waals surface area contributed by atoms with Gasteiger partial charge in [-0.25, -0.2) is 0 Å². The molecule has 3 heteroatoms. The van der Waals surface area contributed by atoms with Crippen LogP contribution in [0.5, 0.6) is 0 Å². The zero-order chi connectivity index (χ0) is 11.1. The number of rotatable bonds is 7. The summed E-state index contributed by atoms with van der Waals surface area (Å²) < 4.78 is 5.36. The maximum atomic E-state index is 5.36. The number of nitrogens with one attached hydrogen (secondary N) is 1. The SMILES string of the molecule is CCOCC(C)NCc1sccc1CC. The Kier molecular flexibility index (Phi) is 5.91. The number of hydrogen-bond donors (Lipinski definition) is 1. The Morgan fingerprint density at radius 2 is 2.27 bits per heavy atom. The normalized spacial score (nSPS) is 13.0. The second-order valence-electron chi connectivity index (χ2n) is 3.66. The highest BCUT2D eigenvalue weighted by molar-refractivity contribution is 7.10. The Labute approximate surface area is 96.7 Å². The molecular formula is C12H21NOS. The minimum atomic E-state index is 0.428. The van der Waals surface area contributed by atoms with E-state index in [1.54, 1.807) is 0 Å². The molecule has 1 aromatic rings. The van der Waals surface area contributed by atoms with Gasteiger partial charge in [-0.05, 0) is 37.3 Å². The summed E-state index contributed by atoms with van der Waals surface area (Å²) in [6.45, 7) is 8.95. The molecule has 1 heterocycles. The molecule has 0 spiro atoms. The van der Waals surface area contributed by atoms with Crippen molar-refractivity contribution in [1.82, 2.24) is 5.32 Å². The van der Waals surface area contributed by atoms with E-state index >= 15 is 0 Å². The molecule has 2 nitrogen and oxygen atoms in total. The average Bonchev–Trinajstić information content (AvgIpc) is 2.70. The highest BCUT2D eigenvalue weighted by Gasteiger charge is 2.05. The van der Waals surface area contributed by atoms with Gasteiger partial charge in [0.25, 0.3) is 0 Å². The van der Waals surface area contributed by atoms with Crippen LogP contribution in [0.2, 0.25) is 0 Å². The third kappa shape index (κ3) is 4.33. The molecule has 1 rings (SSSR count). The Bertz CT molecular complexity index is 272. The molecule has 0 saturated carbocycles. The van der Waals surface area contributed by atoms with E-state index < -0.39 is 0 Å². The van der Waals surface area contributed by atoms with E-state index in [0.29, 0.717) is 6.04 Å². The predicted octanol–water partition coefficient (Wildman–Crippen LogP) is 2.83. The molecule has 0 aliphatic rings. The summed E-state index contributed by atoms with van der Waals surface area (Å²) in [6, 6.07) is 2.64. The zero-order valence-corrected chi connectivity index (χ0v) is 10.7. The molecule has 0 radical (unpaired) electrons. The molecule has 1 aromatic heterocycles. The average molecular weight is 227 g/mol. The molecule has 0 amide bonds. The fourth-order valence-electron chi connectivity index (χ4n) is 1.46. The first-order valence-electron chi connectivity index (χ1n) is 5.64. The van der Waals surface area contributed by atoms with Crippen molar-refractivity contribution in [2.45, 2.75) is 39.8 Å². The second kappa shape index (κ2) is 6.99. The number of thiophene rings is 1. The van der Waals surface area contributed by atoms with Gasteiger partial charge < -0.3 is 10.1 Å². The second-order valence-corrected chi connectivity index (χ2v) is 4.66. The van der Waals surface area contributed by atoms with Gasteiger partial charge in [0.1, 0.15) is 0 Å². The van der Waals surface area contributed by atoms with Crippen LogP contribution in [0.4, 0.5) is 0 Å². The molecule has 0 fully saturated rings. The van der Waals surface area contributed by atoms with Gasteiger partial charge in [0, 0.05) is 24.1 Å². The molecule has 15 heavy (non-hydrogen) atoms. The molecule has 0 aliphatic heterocycles. The standard InChI is InChI=1S/C12H21NOS/c1-4-11-6-7-15-12(11)8-13-10(3)9-14-5-2/h6-7,10,13H,4-5,8-9H2,1-3H3. The van der Waals surface area contributed by atoms with Gasteiger partial charge in [-0.3, -0.25) is 0 Å². The van der Waals surface area contributed by atoms with Crippen LogP contribution in [0.25, 0.3) is 0 Å². The third-order valence-electron chi connectivity index (χ3n) is 2.40. The van der Waals surface area contributed by atoms with Crippen LogP contribution in [-0.2, 0) is 17.7 Å². The fourth-order valence-corrected chi connectivity index (χ4v) is 2.38. The molecule has 1 unspecified atom stereocenters. The quantitative estimate of drug-likeness (QED) is 0.773. The van der Waals surface area contributed by atoms with Crippen LogP contribution in [-0.4, -0.2) is 19.3 Å². The lowest BCUT2D eigenvalue weighted by Gasteiger charge is -2.13. The topological polar surface area (TPSA) is 21.3 Å². The minimum Gasteiger partial charge on any atom is -0.380 e. The lowest BCUT2D eigenvalue weighted by atomic mass is 10.2. The molecule has 1 N–H and O–H groups in total. The van der Waals surface area contributed by atoms with E-state index in [-0.39, 0.29) is 0 Å². The summed E-state index contributed by atoms with van der Waals surface area (Å²) >= 11 is 1.84. The van der Waals surface area contributed by atoms with Crippen molar-refractivity contribution in [3.05, 3.63) is 21.9 Å². The van der Waals surface area contributed by atoms with Crippen molar-refractivity contribution >= 4 is 11.3 Å². The molecular weight excluding hydrogens is 206 g/mol. The predicted molar refractivity (Wildman–Crippen MR) is 66.5 cm³/mol. The molecule has 0 saturated heterocycles.